The molecule has 0 aliphatic carbocycles. The third-order valence-electron chi connectivity index (χ3n) is 3.00. The lowest BCUT2D eigenvalue weighted by molar-refractivity contribution is -0.118. The third kappa shape index (κ3) is 4.31. The van der Waals surface area contributed by atoms with Crippen LogP contribution in [0.4, 0.5) is 5.13 Å². The molecule has 0 saturated carbocycles. The van der Waals surface area contributed by atoms with Crippen LogP contribution in [0.2, 0.25) is 5.02 Å². The van der Waals surface area contributed by atoms with Crippen LogP contribution in [0.3, 0.4) is 0 Å². The Kier molecular flexibility index (Phi) is 4.90. The van der Waals surface area contributed by atoms with Gasteiger partial charge in [-0.2, -0.15) is 0 Å². The van der Waals surface area contributed by atoms with Gasteiger partial charge in [-0.25, -0.2) is 4.98 Å². The van der Waals surface area contributed by atoms with Crippen molar-refractivity contribution in [1.29, 1.82) is 0 Å². The first-order valence-electron chi connectivity index (χ1n) is 6.90. The minimum Gasteiger partial charge on any atom is -0.484 e. The van der Waals surface area contributed by atoms with Crippen molar-refractivity contribution in [3.63, 3.8) is 0 Å². The zero-order chi connectivity index (χ0) is 16.1. The molecule has 0 atom stereocenters. The summed E-state index contributed by atoms with van der Waals surface area (Å²) in [6.07, 6.45) is 0. The highest BCUT2D eigenvalue weighted by atomic mass is 35.5. The number of hydrogen-bond donors (Lipinski definition) is 1. The van der Waals surface area contributed by atoms with E-state index in [0.29, 0.717) is 15.9 Å². The van der Waals surface area contributed by atoms with E-state index >= 15 is 0 Å². The molecule has 3 rings (SSSR count). The average Bonchev–Trinajstić information content (AvgIpc) is 3.04. The van der Waals surface area contributed by atoms with Crippen LogP contribution < -0.4 is 10.1 Å². The molecular formula is C17H13ClN2O2S. The standard InChI is InChI=1S/C17H13ClN2O2S/c18-13-6-8-14(9-7-13)22-10-16(21)20-17-19-15(11-23-17)12-4-2-1-3-5-12/h1-9,11H,10H2,(H,19,20,21). The molecule has 23 heavy (non-hydrogen) atoms. The van der Waals surface area contributed by atoms with Gasteiger partial charge in [-0.1, -0.05) is 41.9 Å². The fourth-order valence-electron chi connectivity index (χ4n) is 1.91. The molecule has 1 amide bonds. The topological polar surface area (TPSA) is 51.2 Å². The zero-order valence-corrected chi connectivity index (χ0v) is 13.6. The lowest BCUT2D eigenvalue weighted by Crippen LogP contribution is -2.20. The van der Waals surface area contributed by atoms with Gasteiger partial charge in [-0.3, -0.25) is 10.1 Å². The first-order chi connectivity index (χ1) is 11.2. The van der Waals surface area contributed by atoms with Gasteiger partial charge in [0.1, 0.15) is 5.75 Å². The molecule has 0 unspecified atom stereocenters. The van der Waals surface area contributed by atoms with Crippen molar-refractivity contribution in [2.75, 3.05) is 11.9 Å². The molecule has 0 saturated heterocycles. The van der Waals surface area contributed by atoms with Gasteiger partial charge in [0, 0.05) is 16.0 Å². The molecule has 1 heterocycles. The van der Waals surface area contributed by atoms with Crippen LogP contribution in [0, 0.1) is 0 Å². The van der Waals surface area contributed by atoms with Crippen molar-refractivity contribution < 1.29 is 9.53 Å². The van der Waals surface area contributed by atoms with Gasteiger partial charge in [0.15, 0.2) is 11.7 Å². The molecule has 0 spiro atoms. The summed E-state index contributed by atoms with van der Waals surface area (Å²) in [4.78, 5) is 16.3. The van der Waals surface area contributed by atoms with Gasteiger partial charge >= 0.3 is 0 Å². The molecule has 0 aliphatic rings. The second-order valence-electron chi connectivity index (χ2n) is 4.69. The van der Waals surface area contributed by atoms with Gasteiger partial charge in [0.25, 0.3) is 5.91 Å². The van der Waals surface area contributed by atoms with Crippen LogP contribution in [0.1, 0.15) is 0 Å². The van der Waals surface area contributed by atoms with Crippen molar-refractivity contribution in [3.8, 4) is 17.0 Å². The van der Waals surface area contributed by atoms with Crippen LogP contribution in [0.5, 0.6) is 5.75 Å². The molecule has 1 N–H and O–H groups in total. The van der Waals surface area contributed by atoms with Gasteiger partial charge in [0.2, 0.25) is 0 Å². The largest absolute Gasteiger partial charge is 0.484 e. The quantitative estimate of drug-likeness (QED) is 0.742. The smallest absolute Gasteiger partial charge is 0.264 e. The fraction of sp³-hybridized carbons (Fsp3) is 0.0588. The maximum absolute atomic E-state index is 11.9. The number of amides is 1. The van der Waals surface area contributed by atoms with E-state index in [-0.39, 0.29) is 12.5 Å². The number of rotatable bonds is 5. The monoisotopic (exact) mass is 344 g/mol. The fourth-order valence-corrected chi connectivity index (χ4v) is 2.77. The summed E-state index contributed by atoms with van der Waals surface area (Å²) in [5, 5.41) is 5.81. The molecule has 0 fully saturated rings. The molecule has 0 bridgehead atoms. The number of aromatic nitrogens is 1. The zero-order valence-electron chi connectivity index (χ0n) is 12.0. The summed E-state index contributed by atoms with van der Waals surface area (Å²) in [6, 6.07) is 16.7. The lowest BCUT2D eigenvalue weighted by atomic mass is 10.2. The number of nitrogens with one attached hydrogen (secondary N) is 1. The number of nitrogens with zero attached hydrogens (tertiary/aromatic N) is 1. The second-order valence-corrected chi connectivity index (χ2v) is 5.99. The van der Waals surface area contributed by atoms with Gasteiger partial charge in [-0.05, 0) is 24.3 Å². The number of halogens is 1. The Morgan fingerprint density at radius 1 is 1.13 bits per heavy atom. The molecule has 0 aliphatic heterocycles. The maximum atomic E-state index is 11.9. The number of benzene rings is 2. The highest BCUT2D eigenvalue weighted by Crippen LogP contribution is 2.24. The number of carbonyl (C=O) groups is 1. The van der Waals surface area contributed by atoms with E-state index in [1.165, 1.54) is 11.3 Å². The first-order valence-corrected chi connectivity index (χ1v) is 8.15. The van der Waals surface area contributed by atoms with Crippen molar-refractivity contribution in [2.24, 2.45) is 0 Å². The predicted octanol–water partition coefficient (Wildman–Crippen LogP) is 4.48. The Morgan fingerprint density at radius 2 is 1.87 bits per heavy atom. The van der Waals surface area contributed by atoms with E-state index in [9.17, 15) is 4.79 Å². The molecule has 6 heteroatoms. The Labute approximate surface area is 142 Å². The first kappa shape index (κ1) is 15.5. The Hall–Kier alpha value is -2.37. The molecular weight excluding hydrogens is 332 g/mol. The van der Waals surface area contributed by atoms with Crippen LogP contribution in [-0.4, -0.2) is 17.5 Å². The van der Waals surface area contributed by atoms with Crippen molar-refractivity contribution >= 4 is 34.0 Å². The van der Waals surface area contributed by atoms with Crippen LogP contribution in [0.15, 0.2) is 60.0 Å². The number of ether oxygens (including phenoxy) is 1. The van der Waals surface area contributed by atoms with Gasteiger partial charge in [-0.15, -0.1) is 11.3 Å². The molecule has 1 aromatic heterocycles. The summed E-state index contributed by atoms with van der Waals surface area (Å²) in [6.45, 7) is -0.0815. The molecule has 0 radical (unpaired) electrons. The SMILES string of the molecule is O=C(COc1ccc(Cl)cc1)Nc1nc(-c2ccccc2)cs1. The van der Waals surface area contributed by atoms with E-state index in [4.69, 9.17) is 16.3 Å². The van der Waals surface area contributed by atoms with E-state index in [1.54, 1.807) is 24.3 Å². The number of carbonyl (C=O) groups excluding carboxylic acids is 1. The predicted molar refractivity (Wildman–Crippen MR) is 93.1 cm³/mol. The minimum atomic E-state index is -0.256. The molecule has 2 aromatic carbocycles. The Morgan fingerprint density at radius 3 is 2.61 bits per heavy atom. The Bertz CT molecular complexity index is 788. The highest BCUT2D eigenvalue weighted by molar-refractivity contribution is 7.14. The van der Waals surface area contributed by atoms with Gasteiger partial charge in [0.05, 0.1) is 5.69 Å². The normalized spacial score (nSPS) is 10.3. The molecule has 3 aromatic rings. The molecule has 116 valence electrons. The van der Waals surface area contributed by atoms with Crippen LogP contribution in [0.25, 0.3) is 11.3 Å². The van der Waals surface area contributed by atoms with E-state index in [1.807, 2.05) is 35.7 Å². The van der Waals surface area contributed by atoms with Crippen LogP contribution in [-0.2, 0) is 4.79 Å². The Balaban J connectivity index is 1.56. The van der Waals surface area contributed by atoms with Crippen molar-refractivity contribution in [2.45, 2.75) is 0 Å². The van der Waals surface area contributed by atoms with E-state index in [2.05, 4.69) is 10.3 Å². The van der Waals surface area contributed by atoms with Gasteiger partial charge < -0.3 is 4.74 Å². The number of thiazole rings is 1. The summed E-state index contributed by atoms with van der Waals surface area (Å²) in [5.74, 6) is 0.336. The number of anilines is 1. The summed E-state index contributed by atoms with van der Waals surface area (Å²) < 4.78 is 5.39. The van der Waals surface area contributed by atoms with E-state index in [0.717, 1.165) is 11.3 Å². The maximum Gasteiger partial charge on any atom is 0.264 e. The van der Waals surface area contributed by atoms with Crippen molar-refractivity contribution in [3.05, 3.63) is 65.0 Å². The number of hydrogen-bond acceptors (Lipinski definition) is 4. The molecule has 4 nitrogen and oxygen atoms in total. The average molecular weight is 345 g/mol. The minimum absolute atomic E-state index is 0.0815. The second kappa shape index (κ2) is 7.26. The summed E-state index contributed by atoms with van der Waals surface area (Å²) in [5.41, 5.74) is 1.85. The lowest BCUT2D eigenvalue weighted by Gasteiger charge is -2.05. The highest BCUT2D eigenvalue weighted by Gasteiger charge is 2.08. The summed E-state index contributed by atoms with van der Waals surface area (Å²) >= 11 is 7.17. The van der Waals surface area contributed by atoms with Crippen LogP contribution >= 0.6 is 22.9 Å². The summed E-state index contributed by atoms with van der Waals surface area (Å²) in [7, 11) is 0. The third-order valence-corrected chi connectivity index (χ3v) is 4.01. The van der Waals surface area contributed by atoms with E-state index < -0.39 is 0 Å². The van der Waals surface area contributed by atoms with Crippen molar-refractivity contribution in [1.82, 2.24) is 4.98 Å².